The summed E-state index contributed by atoms with van der Waals surface area (Å²) >= 11 is 3.73. The molecule has 1 heterocycles. The number of nitrogens with zero attached hydrogens (tertiary/aromatic N) is 1. The molecule has 0 N–H and O–H groups in total. The molecular weight excluding hydrogens is 318 g/mol. The van der Waals surface area contributed by atoms with Crippen molar-refractivity contribution in [1.82, 2.24) is 4.90 Å². The van der Waals surface area contributed by atoms with E-state index in [1.54, 1.807) is 7.05 Å². The van der Waals surface area contributed by atoms with Crippen LogP contribution in [0.2, 0.25) is 0 Å². The fourth-order valence-electron chi connectivity index (χ4n) is 2.34. The molecule has 3 nitrogen and oxygen atoms in total. The van der Waals surface area contributed by atoms with Crippen molar-refractivity contribution in [3.8, 4) is 0 Å². The van der Waals surface area contributed by atoms with Crippen LogP contribution in [0.1, 0.15) is 47.1 Å². The Kier molecular flexibility index (Phi) is 4.33. The number of likely N-dealkylation sites (N-methyl/N-ethyl adjacent to an activating group) is 1. The molecule has 0 radical (unpaired) electrons. The minimum Gasteiger partial charge on any atom is -0.281 e. The molecule has 1 aliphatic heterocycles. The summed E-state index contributed by atoms with van der Waals surface area (Å²) in [6.45, 7) is 6.57. The highest BCUT2D eigenvalue weighted by Gasteiger charge is 2.29. The number of amides is 2. The van der Waals surface area contributed by atoms with Crippen LogP contribution in [0, 0.1) is 11.8 Å². The van der Waals surface area contributed by atoms with Crippen molar-refractivity contribution in [2.75, 3.05) is 7.05 Å². The number of alkyl halides is 1. The lowest BCUT2D eigenvalue weighted by Crippen LogP contribution is -2.39. The summed E-state index contributed by atoms with van der Waals surface area (Å²) < 4.78 is 0. The van der Waals surface area contributed by atoms with E-state index in [0.717, 1.165) is 11.1 Å². The standard InChI is InChI=1S/C16H20BrNO2/c1-9(2)10(3)15(17)12-6-5-11-8-14(19)18(4)16(20)13(11)7-12/h5-7,9-10,15H,8H2,1-4H3. The van der Waals surface area contributed by atoms with Crippen LogP contribution in [0.4, 0.5) is 0 Å². The molecule has 1 aliphatic rings. The summed E-state index contributed by atoms with van der Waals surface area (Å²) in [6, 6.07) is 5.86. The van der Waals surface area contributed by atoms with Gasteiger partial charge >= 0.3 is 0 Å². The average Bonchev–Trinajstić information content (AvgIpc) is 2.43. The van der Waals surface area contributed by atoms with Crippen LogP contribution in [0.5, 0.6) is 0 Å². The predicted molar refractivity (Wildman–Crippen MR) is 82.9 cm³/mol. The Labute approximate surface area is 128 Å². The number of imide groups is 1. The molecule has 108 valence electrons. The fraction of sp³-hybridized carbons (Fsp3) is 0.500. The summed E-state index contributed by atoms with van der Waals surface area (Å²) in [5.41, 5.74) is 2.59. The zero-order valence-corrected chi connectivity index (χ0v) is 13.9. The molecule has 0 bridgehead atoms. The maximum absolute atomic E-state index is 12.2. The van der Waals surface area contributed by atoms with Gasteiger partial charge in [-0.15, -0.1) is 0 Å². The van der Waals surface area contributed by atoms with Gasteiger partial charge in [-0.05, 0) is 29.0 Å². The minimum atomic E-state index is -0.199. The van der Waals surface area contributed by atoms with Crippen molar-refractivity contribution < 1.29 is 9.59 Å². The van der Waals surface area contributed by atoms with Crippen LogP contribution in [0.25, 0.3) is 0 Å². The Bertz CT molecular complexity index is 553. The number of hydrogen-bond acceptors (Lipinski definition) is 2. The van der Waals surface area contributed by atoms with Gasteiger partial charge in [0.05, 0.1) is 6.42 Å². The van der Waals surface area contributed by atoms with Crippen molar-refractivity contribution in [3.05, 3.63) is 34.9 Å². The first-order valence-electron chi connectivity index (χ1n) is 6.90. The summed E-state index contributed by atoms with van der Waals surface area (Å²) in [5.74, 6) is 0.678. The molecule has 0 aromatic heterocycles. The highest BCUT2D eigenvalue weighted by atomic mass is 79.9. The van der Waals surface area contributed by atoms with Crippen LogP contribution in [0.3, 0.4) is 0 Å². The molecule has 0 spiro atoms. The van der Waals surface area contributed by atoms with Gasteiger partial charge in [-0.25, -0.2) is 0 Å². The van der Waals surface area contributed by atoms with Crippen molar-refractivity contribution >= 4 is 27.7 Å². The maximum atomic E-state index is 12.2. The summed E-state index contributed by atoms with van der Waals surface area (Å²) in [5, 5.41) is 0. The van der Waals surface area contributed by atoms with Crippen LogP contribution in [-0.4, -0.2) is 23.8 Å². The van der Waals surface area contributed by atoms with Gasteiger partial charge in [0.25, 0.3) is 5.91 Å². The molecule has 2 atom stereocenters. The lowest BCUT2D eigenvalue weighted by molar-refractivity contribution is -0.127. The van der Waals surface area contributed by atoms with Crippen LogP contribution < -0.4 is 0 Å². The third kappa shape index (κ3) is 2.66. The molecule has 0 fully saturated rings. The van der Waals surface area contributed by atoms with Crippen molar-refractivity contribution in [2.24, 2.45) is 11.8 Å². The Hall–Kier alpha value is -1.16. The predicted octanol–water partition coefficient (Wildman–Crippen LogP) is 3.57. The molecule has 2 amide bonds. The quantitative estimate of drug-likeness (QED) is 0.624. The lowest BCUT2D eigenvalue weighted by atomic mass is 9.88. The highest BCUT2D eigenvalue weighted by molar-refractivity contribution is 9.09. The van der Waals surface area contributed by atoms with E-state index in [1.165, 1.54) is 4.90 Å². The van der Waals surface area contributed by atoms with E-state index in [2.05, 4.69) is 36.7 Å². The molecule has 0 aliphatic carbocycles. The van der Waals surface area contributed by atoms with Crippen LogP contribution >= 0.6 is 15.9 Å². The summed E-state index contributed by atoms with van der Waals surface area (Å²) in [7, 11) is 1.54. The molecule has 2 rings (SSSR count). The van der Waals surface area contributed by atoms with E-state index in [9.17, 15) is 9.59 Å². The third-order valence-corrected chi connectivity index (χ3v) is 5.58. The van der Waals surface area contributed by atoms with Gasteiger partial charge in [-0.2, -0.15) is 0 Å². The van der Waals surface area contributed by atoms with Crippen molar-refractivity contribution in [2.45, 2.75) is 32.0 Å². The Morgan fingerprint density at radius 2 is 1.85 bits per heavy atom. The summed E-state index contributed by atoms with van der Waals surface area (Å²) in [4.78, 5) is 25.3. The number of halogens is 1. The zero-order valence-electron chi connectivity index (χ0n) is 12.3. The van der Waals surface area contributed by atoms with E-state index in [1.807, 2.05) is 18.2 Å². The molecular formula is C16H20BrNO2. The number of hydrogen-bond donors (Lipinski definition) is 0. The largest absolute Gasteiger partial charge is 0.281 e. The van der Waals surface area contributed by atoms with E-state index in [-0.39, 0.29) is 16.6 Å². The minimum absolute atomic E-state index is 0.138. The molecule has 2 unspecified atom stereocenters. The van der Waals surface area contributed by atoms with Crippen LogP contribution in [-0.2, 0) is 11.2 Å². The van der Waals surface area contributed by atoms with E-state index in [0.29, 0.717) is 23.8 Å². The zero-order chi connectivity index (χ0) is 15.0. The van der Waals surface area contributed by atoms with Gasteiger partial charge in [0.15, 0.2) is 0 Å². The maximum Gasteiger partial charge on any atom is 0.260 e. The van der Waals surface area contributed by atoms with Gasteiger partial charge in [-0.3, -0.25) is 14.5 Å². The fourth-order valence-corrected chi connectivity index (χ4v) is 3.23. The van der Waals surface area contributed by atoms with E-state index >= 15 is 0 Å². The topological polar surface area (TPSA) is 37.4 Å². The SMILES string of the molecule is CC(C)C(C)C(Br)c1ccc2c(c1)C(=O)N(C)C(=O)C2. The number of rotatable bonds is 3. The average molecular weight is 338 g/mol. The molecule has 1 aromatic carbocycles. The number of fused-ring (bicyclic) bond motifs is 1. The summed E-state index contributed by atoms with van der Waals surface area (Å²) in [6.07, 6.45) is 0.310. The second kappa shape index (κ2) is 5.68. The van der Waals surface area contributed by atoms with Gasteiger partial charge in [0.1, 0.15) is 0 Å². The first-order chi connectivity index (χ1) is 9.32. The van der Waals surface area contributed by atoms with Gasteiger partial charge in [-0.1, -0.05) is 48.8 Å². The highest BCUT2D eigenvalue weighted by Crippen LogP contribution is 2.36. The van der Waals surface area contributed by atoms with Crippen LogP contribution in [0.15, 0.2) is 18.2 Å². The molecule has 0 saturated heterocycles. The smallest absolute Gasteiger partial charge is 0.260 e. The first-order valence-corrected chi connectivity index (χ1v) is 7.82. The number of carbonyl (C=O) groups excluding carboxylic acids is 2. The Morgan fingerprint density at radius 3 is 2.45 bits per heavy atom. The monoisotopic (exact) mass is 337 g/mol. The van der Waals surface area contributed by atoms with Crippen molar-refractivity contribution in [3.63, 3.8) is 0 Å². The second-order valence-corrected chi connectivity index (χ2v) is 6.84. The number of benzene rings is 1. The Morgan fingerprint density at radius 1 is 1.20 bits per heavy atom. The van der Waals surface area contributed by atoms with Gasteiger partial charge in [0.2, 0.25) is 5.91 Å². The first kappa shape index (κ1) is 15.2. The second-order valence-electron chi connectivity index (χ2n) is 5.86. The van der Waals surface area contributed by atoms with E-state index in [4.69, 9.17) is 0 Å². The molecule has 1 aromatic rings. The Balaban J connectivity index is 2.37. The van der Waals surface area contributed by atoms with E-state index < -0.39 is 0 Å². The molecule has 0 saturated carbocycles. The van der Waals surface area contributed by atoms with Gasteiger partial charge in [0, 0.05) is 17.4 Å². The van der Waals surface area contributed by atoms with Gasteiger partial charge < -0.3 is 0 Å². The molecule has 4 heteroatoms. The third-order valence-electron chi connectivity index (χ3n) is 4.22. The van der Waals surface area contributed by atoms with Crippen molar-refractivity contribution in [1.29, 1.82) is 0 Å². The lowest BCUT2D eigenvalue weighted by Gasteiger charge is -2.26. The molecule has 20 heavy (non-hydrogen) atoms. The number of carbonyl (C=O) groups is 2. The normalized spacial score (nSPS) is 18.2.